The average molecular weight is 313 g/mol. The van der Waals surface area contributed by atoms with Crippen molar-refractivity contribution in [3.05, 3.63) is 58.6 Å². The van der Waals surface area contributed by atoms with Gasteiger partial charge in [-0.05, 0) is 60.7 Å². The Morgan fingerprint density at radius 2 is 1.86 bits per heavy atom. The van der Waals surface area contributed by atoms with Crippen LogP contribution in [0.3, 0.4) is 0 Å². The molecule has 1 aliphatic carbocycles. The molecule has 0 spiro atoms. The second-order valence-electron chi connectivity index (χ2n) is 5.65. The van der Waals surface area contributed by atoms with Crippen LogP contribution in [0.1, 0.15) is 34.7 Å². The highest BCUT2D eigenvalue weighted by Crippen LogP contribution is 2.42. The number of carbonyl (C=O) groups is 1. The molecular formula is C18H13ClO3. The molecule has 1 heterocycles. The lowest BCUT2D eigenvalue weighted by Crippen LogP contribution is -1.97. The van der Waals surface area contributed by atoms with E-state index in [9.17, 15) is 9.90 Å². The summed E-state index contributed by atoms with van der Waals surface area (Å²) in [5.74, 6) is -0.0244. The van der Waals surface area contributed by atoms with E-state index in [2.05, 4.69) is 0 Å². The Bertz CT molecular complexity index is 873. The summed E-state index contributed by atoms with van der Waals surface area (Å²) in [7, 11) is 0. The fourth-order valence-electron chi connectivity index (χ4n) is 2.80. The van der Waals surface area contributed by atoms with Gasteiger partial charge in [-0.25, -0.2) is 4.79 Å². The third kappa shape index (κ3) is 2.18. The minimum atomic E-state index is -0.975. The molecule has 1 fully saturated rings. The van der Waals surface area contributed by atoms with Crippen LogP contribution in [0.4, 0.5) is 0 Å². The minimum absolute atomic E-state index is 0.222. The van der Waals surface area contributed by atoms with E-state index in [1.807, 2.05) is 18.2 Å². The molecule has 0 radical (unpaired) electrons. The van der Waals surface area contributed by atoms with E-state index in [1.54, 1.807) is 24.3 Å². The highest BCUT2D eigenvalue weighted by Gasteiger charge is 2.26. The van der Waals surface area contributed by atoms with Gasteiger partial charge in [0.25, 0.3) is 0 Å². The van der Waals surface area contributed by atoms with Crippen molar-refractivity contribution in [2.45, 2.75) is 18.8 Å². The van der Waals surface area contributed by atoms with Gasteiger partial charge in [-0.15, -0.1) is 0 Å². The van der Waals surface area contributed by atoms with Gasteiger partial charge in [-0.1, -0.05) is 17.7 Å². The van der Waals surface area contributed by atoms with Gasteiger partial charge < -0.3 is 9.52 Å². The van der Waals surface area contributed by atoms with Gasteiger partial charge in [0.05, 0.1) is 0 Å². The minimum Gasteiger partial charge on any atom is -0.478 e. The summed E-state index contributed by atoms with van der Waals surface area (Å²) in [6, 6.07) is 12.9. The summed E-state index contributed by atoms with van der Waals surface area (Å²) in [6.45, 7) is 0. The number of fused-ring (bicyclic) bond motifs is 1. The lowest BCUT2D eigenvalue weighted by atomic mass is 10.0. The van der Waals surface area contributed by atoms with Crippen molar-refractivity contribution in [3.63, 3.8) is 0 Å². The molecule has 0 aliphatic heterocycles. The summed E-state index contributed by atoms with van der Waals surface area (Å²) in [5.41, 5.74) is 2.73. The molecule has 3 nitrogen and oxygen atoms in total. The first-order valence-electron chi connectivity index (χ1n) is 7.19. The molecule has 0 unspecified atom stereocenters. The monoisotopic (exact) mass is 312 g/mol. The van der Waals surface area contributed by atoms with E-state index >= 15 is 0 Å². The molecule has 0 saturated heterocycles. The van der Waals surface area contributed by atoms with E-state index < -0.39 is 5.97 Å². The molecule has 1 aliphatic rings. The first-order valence-corrected chi connectivity index (χ1v) is 7.57. The van der Waals surface area contributed by atoms with E-state index in [-0.39, 0.29) is 5.56 Å². The van der Waals surface area contributed by atoms with Crippen molar-refractivity contribution in [2.75, 3.05) is 0 Å². The molecule has 2 aromatic carbocycles. The molecule has 0 bridgehead atoms. The van der Waals surface area contributed by atoms with Crippen molar-refractivity contribution in [1.82, 2.24) is 0 Å². The summed E-state index contributed by atoms with van der Waals surface area (Å²) in [5, 5.41) is 10.9. The number of hydrogen-bond acceptors (Lipinski definition) is 2. The Kier molecular flexibility index (Phi) is 2.98. The standard InChI is InChI=1S/C18H13ClO3/c19-13-6-3-11(4-7-13)17-16(18(20)21)14-9-12(10-1-2-10)5-8-15(14)22-17/h3-10H,1-2H2,(H,20,21). The fourth-order valence-corrected chi connectivity index (χ4v) is 2.93. The fraction of sp³-hybridized carbons (Fsp3) is 0.167. The Morgan fingerprint density at radius 3 is 2.50 bits per heavy atom. The molecule has 1 aromatic heterocycles. The average Bonchev–Trinajstić information content (AvgIpc) is 3.27. The zero-order valence-electron chi connectivity index (χ0n) is 11.7. The van der Waals surface area contributed by atoms with Gasteiger partial charge in [0.1, 0.15) is 16.9 Å². The molecule has 0 atom stereocenters. The van der Waals surface area contributed by atoms with Gasteiger partial charge >= 0.3 is 5.97 Å². The smallest absolute Gasteiger partial charge is 0.340 e. The van der Waals surface area contributed by atoms with Crippen LogP contribution in [0.25, 0.3) is 22.3 Å². The first-order chi connectivity index (χ1) is 10.6. The normalized spacial score (nSPS) is 14.4. The van der Waals surface area contributed by atoms with Crippen LogP contribution in [0.15, 0.2) is 46.9 Å². The van der Waals surface area contributed by atoms with Crippen LogP contribution < -0.4 is 0 Å². The summed E-state index contributed by atoms with van der Waals surface area (Å²) in [4.78, 5) is 11.7. The number of benzene rings is 2. The molecule has 1 N–H and O–H groups in total. The number of carboxylic acids is 1. The predicted octanol–water partition coefficient (Wildman–Crippen LogP) is 5.33. The quantitative estimate of drug-likeness (QED) is 0.711. The summed E-state index contributed by atoms with van der Waals surface area (Å²) in [6.07, 6.45) is 2.35. The Morgan fingerprint density at radius 1 is 1.14 bits per heavy atom. The molecular weight excluding hydrogens is 300 g/mol. The number of rotatable bonds is 3. The number of furan rings is 1. The molecule has 3 aromatic rings. The van der Waals surface area contributed by atoms with Crippen LogP contribution in [0.5, 0.6) is 0 Å². The van der Waals surface area contributed by atoms with E-state index in [0.717, 1.165) is 0 Å². The zero-order chi connectivity index (χ0) is 15.3. The van der Waals surface area contributed by atoms with E-state index in [0.29, 0.717) is 33.2 Å². The van der Waals surface area contributed by atoms with Gasteiger partial charge in [-0.3, -0.25) is 0 Å². The van der Waals surface area contributed by atoms with Gasteiger partial charge in [0, 0.05) is 16.0 Å². The van der Waals surface area contributed by atoms with Crippen molar-refractivity contribution < 1.29 is 14.3 Å². The zero-order valence-corrected chi connectivity index (χ0v) is 12.4. The first kappa shape index (κ1) is 13.4. The predicted molar refractivity (Wildman–Crippen MR) is 85.6 cm³/mol. The third-order valence-electron chi connectivity index (χ3n) is 4.08. The Hall–Kier alpha value is -2.26. The van der Waals surface area contributed by atoms with Crippen molar-refractivity contribution in [2.24, 2.45) is 0 Å². The van der Waals surface area contributed by atoms with Crippen molar-refractivity contribution in [1.29, 1.82) is 0 Å². The number of halogens is 1. The van der Waals surface area contributed by atoms with Crippen molar-refractivity contribution >= 4 is 28.5 Å². The highest BCUT2D eigenvalue weighted by atomic mass is 35.5. The van der Waals surface area contributed by atoms with Crippen molar-refractivity contribution in [3.8, 4) is 11.3 Å². The van der Waals surface area contributed by atoms with E-state index in [4.69, 9.17) is 16.0 Å². The Balaban J connectivity index is 1.95. The lowest BCUT2D eigenvalue weighted by Gasteiger charge is -2.00. The summed E-state index contributed by atoms with van der Waals surface area (Å²) < 4.78 is 5.82. The third-order valence-corrected chi connectivity index (χ3v) is 4.33. The summed E-state index contributed by atoms with van der Waals surface area (Å²) >= 11 is 5.90. The molecule has 110 valence electrons. The van der Waals surface area contributed by atoms with Crippen LogP contribution >= 0.6 is 11.6 Å². The van der Waals surface area contributed by atoms with Crippen LogP contribution in [-0.2, 0) is 0 Å². The molecule has 4 rings (SSSR count). The van der Waals surface area contributed by atoms with Crippen LogP contribution in [0, 0.1) is 0 Å². The lowest BCUT2D eigenvalue weighted by molar-refractivity contribution is 0.0699. The maximum absolute atomic E-state index is 11.7. The number of carboxylic acid groups (broad SMARTS) is 1. The van der Waals surface area contributed by atoms with Crippen LogP contribution in [-0.4, -0.2) is 11.1 Å². The topological polar surface area (TPSA) is 50.4 Å². The molecule has 1 saturated carbocycles. The number of aromatic carboxylic acids is 1. The number of hydrogen-bond donors (Lipinski definition) is 1. The maximum Gasteiger partial charge on any atom is 0.340 e. The van der Waals surface area contributed by atoms with E-state index in [1.165, 1.54) is 18.4 Å². The SMILES string of the molecule is O=C(O)c1c(-c2ccc(Cl)cc2)oc2ccc(C3CC3)cc12. The van der Waals surface area contributed by atoms with Gasteiger partial charge in [-0.2, -0.15) is 0 Å². The highest BCUT2D eigenvalue weighted by molar-refractivity contribution is 6.30. The maximum atomic E-state index is 11.7. The van der Waals surface area contributed by atoms with Gasteiger partial charge in [0.15, 0.2) is 0 Å². The van der Waals surface area contributed by atoms with Gasteiger partial charge in [0.2, 0.25) is 0 Å². The second-order valence-corrected chi connectivity index (χ2v) is 6.08. The molecule has 0 amide bonds. The second kappa shape index (κ2) is 4.89. The Labute approximate surface area is 132 Å². The largest absolute Gasteiger partial charge is 0.478 e. The molecule has 4 heteroatoms. The van der Waals surface area contributed by atoms with Crippen LogP contribution in [0.2, 0.25) is 5.02 Å². The molecule has 22 heavy (non-hydrogen) atoms.